The fourth-order valence-electron chi connectivity index (χ4n) is 2.04. The maximum atomic E-state index is 11.8. The number of nitrogens with one attached hydrogen (secondary N) is 1. The summed E-state index contributed by atoms with van der Waals surface area (Å²) >= 11 is 0. The van der Waals surface area contributed by atoms with Gasteiger partial charge in [0.25, 0.3) is 0 Å². The molecule has 0 saturated heterocycles. The number of carboxylic acids is 1. The van der Waals surface area contributed by atoms with Gasteiger partial charge in [0.2, 0.25) is 0 Å². The number of ether oxygens (including phenoxy) is 2. The Kier molecular flexibility index (Phi) is 5.79. The van der Waals surface area contributed by atoms with Gasteiger partial charge in [-0.25, -0.2) is 9.59 Å². The summed E-state index contributed by atoms with van der Waals surface area (Å²) in [5, 5.41) is 11.7. The first-order valence-electron chi connectivity index (χ1n) is 6.99. The van der Waals surface area contributed by atoms with E-state index in [9.17, 15) is 14.7 Å². The summed E-state index contributed by atoms with van der Waals surface area (Å²) in [5.74, 6) is -0.505. The van der Waals surface area contributed by atoms with Crippen LogP contribution in [-0.2, 0) is 16.0 Å². The fraction of sp³-hybridized carbons (Fsp3) is 0.500. The molecule has 0 aliphatic heterocycles. The third-order valence-electron chi connectivity index (χ3n) is 2.91. The van der Waals surface area contributed by atoms with Gasteiger partial charge in [-0.15, -0.1) is 0 Å². The molecule has 0 aliphatic carbocycles. The first kappa shape index (κ1) is 17.8. The number of carbonyl (C=O) groups excluding carboxylic acids is 1. The molecule has 1 rings (SSSR count). The molecule has 122 valence electrons. The number of rotatable bonds is 5. The van der Waals surface area contributed by atoms with Gasteiger partial charge in [0.1, 0.15) is 17.4 Å². The lowest BCUT2D eigenvalue weighted by Gasteiger charge is -2.22. The van der Waals surface area contributed by atoms with Gasteiger partial charge in [-0.1, -0.05) is 18.2 Å². The molecule has 22 heavy (non-hydrogen) atoms. The summed E-state index contributed by atoms with van der Waals surface area (Å²) in [7, 11) is 1.53. The first-order valence-corrected chi connectivity index (χ1v) is 6.99. The van der Waals surface area contributed by atoms with Gasteiger partial charge in [0, 0.05) is 6.42 Å². The van der Waals surface area contributed by atoms with Gasteiger partial charge >= 0.3 is 12.1 Å². The highest BCUT2D eigenvalue weighted by Crippen LogP contribution is 2.24. The quantitative estimate of drug-likeness (QED) is 0.873. The molecule has 0 bridgehead atoms. The molecule has 1 aromatic carbocycles. The predicted octanol–water partition coefficient (Wildman–Crippen LogP) is 2.52. The minimum atomic E-state index is -1.13. The summed E-state index contributed by atoms with van der Waals surface area (Å²) in [6, 6.07) is 4.38. The van der Waals surface area contributed by atoms with Crippen LogP contribution in [0.1, 0.15) is 31.9 Å². The number of amides is 1. The van der Waals surface area contributed by atoms with Crippen LogP contribution in [0.5, 0.6) is 5.75 Å². The Morgan fingerprint density at radius 2 is 1.95 bits per heavy atom. The Morgan fingerprint density at radius 1 is 1.32 bits per heavy atom. The number of hydrogen-bond donors (Lipinski definition) is 2. The number of carboxylic acid groups (broad SMARTS) is 1. The molecule has 0 aliphatic rings. The van der Waals surface area contributed by atoms with E-state index in [1.165, 1.54) is 7.11 Å². The van der Waals surface area contributed by atoms with Crippen molar-refractivity contribution in [2.45, 2.75) is 45.8 Å². The average Bonchev–Trinajstić information content (AvgIpc) is 2.35. The van der Waals surface area contributed by atoms with Crippen molar-refractivity contribution in [2.24, 2.45) is 0 Å². The normalized spacial score (nSPS) is 12.4. The molecule has 1 unspecified atom stereocenters. The predicted molar refractivity (Wildman–Crippen MR) is 82.2 cm³/mol. The second kappa shape index (κ2) is 7.15. The van der Waals surface area contributed by atoms with E-state index in [1.807, 2.05) is 19.1 Å². The standard InChI is InChI=1S/C16H23NO5/c1-10-7-6-8-11(13(10)21-5)9-12(14(18)19)17-15(20)22-16(2,3)4/h6-8,12H,9H2,1-5H3,(H,17,20)(H,18,19). The maximum absolute atomic E-state index is 11.8. The second-order valence-electron chi connectivity index (χ2n) is 6.01. The van der Waals surface area contributed by atoms with E-state index >= 15 is 0 Å². The first-order chi connectivity index (χ1) is 10.1. The van der Waals surface area contributed by atoms with Crippen molar-refractivity contribution in [2.75, 3.05) is 7.11 Å². The van der Waals surface area contributed by atoms with E-state index in [2.05, 4.69) is 5.32 Å². The molecule has 6 nitrogen and oxygen atoms in total. The minimum absolute atomic E-state index is 0.111. The number of carbonyl (C=O) groups is 2. The van der Waals surface area contributed by atoms with Crippen molar-refractivity contribution >= 4 is 12.1 Å². The molecule has 6 heteroatoms. The van der Waals surface area contributed by atoms with E-state index in [0.717, 1.165) is 5.56 Å². The SMILES string of the molecule is COc1c(C)cccc1CC(NC(=O)OC(C)(C)C)C(=O)O. The molecule has 0 heterocycles. The van der Waals surface area contributed by atoms with Gasteiger partial charge in [0.05, 0.1) is 7.11 Å². The molecular formula is C16H23NO5. The molecule has 0 aromatic heterocycles. The summed E-state index contributed by atoms with van der Waals surface area (Å²) in [4.78, 5) is 23.1. The van der Waals surface area contributed by atoms with Gasteiger partial charge in [-0.3, -0.25) is 0 Å². The summed E-state index contributed by atoms with van der Waals surface area (Å²) in [5.41, 5.74) is 0.932. The molecule has 0 saturated carbocycles. The Balaban J connectivity index is 2.88. The van der Waals surface area contributed by atoms with Crippen LogP contribution in [0, 0.1) is 6.92 Å². The maximum Gasteiger partial charge on any atom is 0.408 e. The Hall–Kier alpha value is -2.24. The second-order valence-corrected chi connectivity index (χ2v) is 6.01. The number of methoxy groups -OCH3 is 1. The molecule has 0 radical (unpaired) electrons. The van der Waals surface area contributed by atoms with Crippen molar-refractivity contribution < 1.29 is 24.2 Å². The topological polar surface area (TPSA) is 84.9 Å². The van der Waals surface area contributed by atoms with Crippen molar-refractivity contribution in [1.29, 1.82) is 0 Å². The number of hydrogen-bond acceptors (Lipinski definition) is 4. The molecule has 1 amide bonds. The van der Waals surface area contributed by atoms with Crippen molar-refractivity contribution in [3.8, 4) is 5.75 Å². The van der Waals surface area contributed by atoms with Crippen LogP contribution in [0.25, 0.3) is 0 Å². The van der Waals surface area contributed by atoms with Crippen molar-refractivity contribution in [3.63, 3.8) is 0 Å². The lowest BCUT2D eigenvalue weighted by Crippen LogP contribution is -2.44. The highest BCUT2D eigenvalue weighted by atomic mass is 16.6. The molecule has 1 atom stereocenters. The van der Waals surface area contributed by atoms with Gasteiger partial charge in [0.15, 0.2) is 0 Å². The average molecular weight is 309 g/mol. The third-order valence-corrected chi connectivity index (χ3v) is 2.91. The van der Waals surface area contributed by atoms with Crippen LogP contribution < -0.4 is 10.1 Å². The third kappa shape index (κ3) is 5.27. The van der Waals surface area contributed by atoms with Crippen molar-refractivity contribution in [3.05, 3.63) is 29.3 Å². The molecule has 2 N–H and O–H groups in total. The molecule has 0 fully saturated rings. The van der Waals surface area contributed by atoms with Crippen LogP contribution in [-0.4, -0.2) is 35.9 Å². The fourth-order valence-corrected chi connectivity index (χ4v) is 2.04. The Labute approximate surface area is 130 Å². The largest absolute Gasteiger partial charge is 0.496 e. The smallest absolute Gasteiger partial charge is 0.408 e. The highest BCUT2D eigenvalue weighted by Gasteiger charge is 2.25. The molecule has 0 spiro atoms. The van der Waals surface area contributed by atoms with Gasteiger partial charge in [-0.05, 0) is 38.8 Å². The van der Waals surface area contributed by atoms with E-state index in [-0.39, 0.29) is 6.42 Å². The highest BCUT2D eigenvalue weighted by molar-refractivity contribution is 5.80. The summed E-state index contributed by atoms with van der Waals surface area (Å²) < 4.78 is 10.4. The number of aliphatic carboxylic acids is 1. The Morgan fingerprint density at radius 3 is 2.45 bits per heavy atom. The van der Waals surface area contributed by atoms with Crippen LogP contribution >= 0.6 is 0 Å². The van der Waals surface area contributed by atoms with E-state index < -0.39 is 23.7 Å². The van der Waals surface area contributed by atoms with Gasteiger partial charge in [-0.2, -0.15) is 0 Å². The zero-order chi connectivity index (χ0) is 16.9. The van der Waals surface area contributed by atoms with Crippen molar-refractivity contribution in [1.82, 2.24) is 5.32 Å². The van der Waals surface area contributed by atoms with Crippen LogP contribution in [0.3, 0.4) is 0 Å². The minimum Gasteiger partial charge on any atom is -0.496 e. The van der Waals surface area contributed by atoms with Crippen LogP contribution in [0.2, 0.25) is 0 Å². The van der Waals surface area contributed by atoms with Crippen LogP contribution in [0.15, 0.2) is 18.2 Å². The molecule has 1 aromatic rings. The monoisotopic (exact) mass is 309 g/mol. The van der Waals surface area contributed by atoms with E-state index in [4.69, 9.17) is 9.47 Å². The lowest BCUT2D eigenvalue weighted by molar-refractivity contribution is -0.139. The number of aryl methyl sites for hydroxylation is 1. The Bertz CT molecular complexity index is 548. The zero-order valence-corrected chi connectivity index (χ0v) is 13.6. The van der Waals surface area contributed by atoms with Crippen LogP contribution in [0.4, 0.5) is 4.79 Å². The summed E-state index contributed by atoms with van der Waals surface area (Å²) in [6.45, 7) is 7.02. The van der Waals surface area contributed by atoms with E-state index in [0.29, 0.717) is 11.3 Å². The lowest BCUT2D eigenvalue weighted by atomic mass is 10.0. The molecular weight excluding hydrogens is 286 g/mol. The van der Waals surface area contributed by atoms with Gasteiger partial charge < -0.3 is 19.9 Å². The number of benzene rings is 1. The summed E-state index contributed by atoms with van der Waals surface area (Å²) in [6.07, 6.45) is -0.647. The van der Waals surface area contributed by atoms with E-state index in [1.54, 1.807) is 26.8 Å². The zero-order valence-electron chi connectivity index (χ0n) is 13.6. The number of para-hydroxylation sites is 1. The number of alkyl carbamates (subject to hydrolysis) is 1.